The number of methoxy groups -OCH3 is 1. The molecule has 0 unspecified atom stereocenters. The van der Waals surface area contributed by atoms with Crippen molar-refractivity contribution in [2.45, 2.75) is 24.7 Å². The molecule has 3 rings (SSSR count). The van der Waals surface area contributed by atoms with E-state index in [1.54, 1.807) is 18.2 Å². The summed E-state index contributed by atoms with van der Waals surface area (Å²) in [5.41, 5.74) is 0.418. The quantitative estimate of drug-likeness (QED) is 0.719. The van der Waals surface area contributed by atoms with Crippen LogP contribution in [0.2, 0.25) is 0 Å². The summed E-state index contributed by atoms with van der Waals surface area (Å²) in [6.45, 7) is 0.487. The van der Waals surface area contributed by atoms with E-state index in [4.69, 9.17) is 14.2 Å². The molecule has 1 aliphatic heterocycles. The molecule has 1 fully saturated rings. The fraction of sp³-hybridized carbons (Fsp3) is 0.533. The van der Waals surface area contributed by atoms with Gasteiger partial charge in [0.25, 0.3) is 5.91 Å². The predicted octanol–water partition coefficient (Wildman–Crippen LogP) is -0.0982. The van der Waals surface area contributed by atoms with Crippen LogP contribution in [0.4, 0.5) is 0 Å². The SMILES string of the molecule is COC[C@H]1C[C@@H](NC(=O)c2ccc3c(c2)OCO3)[C@H](O)[C@@H]1O. The number of fused-ring (bicyclic) bond motifs is 1. The van der Waals surface area contributed by atoms with E-state index >= 15 is 0 Å². The van der Waals surface area contributed by atoms with Crippen LogP contribution in [0.5, 0.6) is 11.5 Å². The zero-order valence-electron chi connectivity index (χ0n) is 12.2. The lowest BCUT2D eigenvalue weighted by atomic mass is 10.1. The number of carbonyl (C=O) groups excluding carboxylic acids is 1. The summed E-state index contributed by atoms with van der Waals surface area (Å²) in [5, 5.41) is 22.7. The first-order valence-corrected chi connectivity index (χ1v) is 7.15. The number of rotatable bonds is 4. The van der Waals surface area contributed by atoms with Gasteiger partial charge in [-0.3, -0.25) is 4.79 Å². The maximum atomic E-state index is 12.3. The van der Waals surface area contributed by atoms with E-state index in [2.05, 4.69) is 5.32 Å². The van der Waals surface area contributed by atoms with Crippen LogP contribution in [-0.2, 0) is 4.74 Å². The maximum absolute atomic E-state index is 12.3. The molecule has 3 N–H and O–H groups in total. The number of carbonyl (C=O) groups is 1. The van der Waals surface area contributed by atoms with Crippen LogP contribution in [0.1, 0.15) is 16.8 Å². The molecular formula is C15H19NO6. The average molecular weight is 309 g/mol. The number of aliphatic hydroxyl groups excluding tert-OH is 2. The maximum Gasteiger partial charge on any atom is 0.251 e. The van der Waals surface area contributed by atoms with Gasteiger partial charge in [-0.2, -0.15) is 0 Å². The summed E-state index contributed by atoms with van der Waals surface area (Å²) in [6.07, 6.45) is -1.44. The molecule has 22 heavy (non-hydrogen) atoms. The van der Waals surface area contributed by atoms with Crippen molar-refractivity contribution >= 4 is 5.91 Å². The van der Waals surface area contributed by atoms with Crippen molar-refractivity contribution in [3.63, 3.8) is 0 Å². The van der Waals surface area contributed by atoms with Gasteiger partial charge in [0.15, 0.2) is 11.5 Å². The third-order valence-electron chi connectivity index (χ3n) is 4.13. The molecule has 1 aliphatic carbocycles. The van der Waals surface area contributed by atoms with Crippen LogP contribution >= 0.6 is 0 Å². The second-order valence-electron chi connectivity index (χ2n) is 5.58. The second-order valence-corrected chi connectivity index (χ2v) is 5.58. The molecule has 1 saturated carbocycles. The van der Waals surface area contributed by atoms with Crippen LogP contribution in [0.15, 0.2) is 18.2 Å². The van der Waals surface area contributed by atoms with Crippen molar-refractivity contribution in [2.24, 2.45) is 5.92 Å². The largest absolute Gasteiger partial charge is 0.454 e. The lowest BCUT2D eigenvalue weighted by Gasteiger charge is -2.18. The Morgan fingerprint density at radius 1 is 1.32 bits per heavy atom. The van der Waals surface area contributed by atoms with Crippen molar-refractivity contribution in [3.8, 4) is 11.5 Å². The topological polar surface area (TPSA) is 97.3 Å². The molecule has 1 heterocycles. The molecule has 0 aromatic heterocycles. The highest BCUT2D eigenvalue weighted by Crippen LogP contribution is 2.33. The zero-order valence-corrected chi connectivity index (χ0v) is 12.2. The molecule has 0 saturated heterocycles. The summed E-state index contributed by atoms with van der Waals surface area (Å²) in [7, 11) is 1.54. The van der Waals surface area contributed by atoms with E-state index in [9.17, 15) is 15.0 Å². The van der Waals surface area contributed by atoms with Gasteiger partial charge >= 0.3 is 0 Å². The number of benzene rings is 1. The molecule has 0 spiro atoms. The normalized spacial score (nSPS) is 29.6. The minimum Gasteiger partial charge on any atom is -0.454 e. The van der Waals surface area contributed by atoms with Gasteiger partial charge < -0.3 is 29.7 Å². The summed E-state index contributed by atoms with van der Waals surface area (Å²) >= 11 is 0. The highest BCUT2D eigenvalue weighted by molar-refractivity contribution is 5.95. The van der Waals surface area contributed by atoms with E-state index in [0.717, 1.165) is 0 Å². The van der Waals surface area contributed by atoms with E-state index in [0.29, 0.717) is 30.1 Å². The molecule has 120 valence electrons. The molecule has 7 heteroatoms. The number of aliphatic hydroxyl groups is 2. The van der Waals surface area contributed by atoms with E-state index in [1.165, 1.54) is 7.11 Å². The molecule has 4 atom stereocenters. The number of nitrogens with one attached hydrogen (secondary N) is 1. The van der Waals surface area contributed by atoms with Crippen LogP contribution in [0, 0.1) is 5.92 Å². The lowest BCUT2D eigenvalue weighted by Crippen LogP contribution is -2.43. The van der Waals surface area contributed by atoms with E-state index in [1.807, 2.05) is 0 Å². The Morgan fingerprint density at radius 3 is 2.86 bits per heavy atom. The monoisotopic (exact) mass is 309 g/mol. The summed E-state index contributed by atoms with van der Waals surface area (Å²) < 4.78 is 15.5. The Kier molecular flexibility index (Phi) is 4.19. The fourth-order valence-corrected chi connectivity index (χ4v) is 2.94. The summed E-state index contributed by atoms with van der Waals surface area (Å²) in [5.74, 6) is 0.611. The number of hydrogen-bond donors (Lipinski definition) is 3. The molecule has 1 aromatic rings. The highest BCUT2D eigenvalue weighted by atomic mass is 16.7. The van der Waals surface area contributed by atoms with Gasteiger partial charge in [0.05, 0.1) is 18.8 Å². The third kappa shape index (κ3) is 2.75. The number of amides is 1. The Morgan fingerprint density at radius 2 is 2.09 bits per heavy atom. The van der Waals surface area contributed by atoms with Crippen LogP contribution < -0.4 is 14.8 Å². The standard InChI is InChI=1S/C15H19NO6/c1-20-6-9-4-10(14(18)13(9)17)16-15(19)8-2-3-11-12(5-8)22-7-21-11/h2-3,5,9-10,13-14,17-18H,4,6-7H2,1H3,(H,16,19)/t9-,10-,13-,14+/m1/s1. The fourth-order valence-electron chi connectivity index (χ4n) is 2.94. The minimum atomic E-state index is -1.00. The molecule has 0 radical (unpaired) electrons. The molecule has 0 bridgehead atoms. The lowest BCUT2D eigenvalue weighted by molar-refractivity contribution is -0.00552. The van der Waals surface area contributed by atoms with Gasteiger partial charge in [-0.15, -0.1) is 0 Å². The molecule has 7 nitrogen and oxygen atoms in total. The van der Waals surface area contributed by atoms with Gasteiger partial charge in [-0.1, -0.05) is 0 Å². The van der Waals surface area contributed by atoms with Gasteiger partial charge in [0, 0.05) is 18.6 Å². The van der Waals surface area contributed by atoms with Gasteiger partial charge in [0.1, 0.15) is 6.10 Å². The van der Waals surface area contributed by atoms with Gasteiger partial charge in [-0.05, 0) is 24.6 Å². The van der Waals surface area contributed by atoms with Crippen LogP contribution in [0.3, 0.4) is 0 Å². The van der Waals surface area contributed by atoms with Crippen molar-refractivity contribution in [2.75, 3.05) is 20.5 Å². The second kappa shape index (κ2) is 6.12. The Hall–Kier alpha value is -1.83. The third-order valence-corrected chi connectivity index (χ3v) is 4.13. The average Bonchev–Trinajstić information content (AvgIpc) is 3.08. The Bertz CT molecular complexity index is 563. The van der Waals surface area contributed by atoms with Crippen LogP contribution in [-0.4, -0.2) is 54.9 Å². The first kappa shape index (κ1) is 15.1. The summed E-state index contributed by atoms with van der Waals surface area (Å²) in [4.78, 5) is 12.3. The molecule has 1 aromatic carbocycles. The van der Waals surface area contributed by atoms with Crippen molar-refractivity contribution < 1.29 is 29.2 Å². The summed E-state index contributed by atoms with van der Waals surface area (Å²) in [6, 6.07) is 4.40. The zero-order chi connectivity index (χ0) is 15.7. The Labute approximate surface area is 127 Å². The number of hydrogen-bond acceptors (Lipinski definition) is 6. The first-order chi connectivity index (χ1) is 10.6. The first-order valence-electron chi connectivity index (χ1n) is 7.15. The van der Waals surface area contributed by atoms with Crippen molar-refractivity contribution in [1.29, 1.82) is 0 Å². The van der Waals surface area contributed by atoms with Crippen LogP contribution in [0.25, 0.3) is 0 Å². The Balaban J connectivity index is 1.67. The number of ether oxygens (including phenoxy) is 3. The smallest absolute Gasteiger partial charge is 0.251 e. The van der Waals surface area contributed by atoms with Gasteiger partial charge in [0.2, 0.25) is 6.79 Å². The minimum absolute atomic E-state index is 0.145. The predicted molar refractivity (Wildman–Crippen MR) is 75.8 cm³/mol. The van der Waals surface area contributed by atoms with Crippen molar-refractivity contribution in [1.82, 2.24) is 5.32 Å². The van der Waals surface area contributed by atoms with Gasteiger partial charge in [-0.25, -0.2) is 0 Å². The highest BCUT2D eigenvalue weighted by Gasteiger charge is 2.42. The molecule has 2 aliphatic rings. The van der Waals surface area contributed by atoms with Crippen molar-refractivity contribution in [3.05, 3.63) is 23.8 Å². The van der Waals surface area contributed by atoms with E-state index < -0.39 is 18.2 Å². The molecule has 1 amide bonds. The van der Waals surface area contributed by atoms with E-state index in [-0.39, 0.29) is 18.6 Å². The molecular weight excluding hydrogens is 290 g/mol.